The summed E-state index contributed by atoms with van der Waals surface area (Å²) < 4.78 is 1.88. The van der Waals surface area contributed by atoms with Crippen LogP contribution < -0.4 is 0 Å². The lowest BCUT2D eigenvalue weighted by Gasteiger charge is -2.24. The topological polar surface area (TPSA) is 21.1 Å². The van der Waals surface area contributed by atoms with E-state index in [-0.39, 0.29) is 0 Å². The Labute approximate surface area is 121 Å². The van der Waals surface area contributed by atoms with E-state index in [1.165, 1.54) is 42.6 Å². The van der Waals surface area contributed by atoms with Gasteiger partial charge in [0.05, 0.1) is 5.69 Å². The van der Waals surface area contributed by atoms with Gasteiger partial charge in [-0.3, -0.25) is 9.58 Å². The Bertz CT molecular complexity index is 577. The first kappa shape index (κ1) is 13.4. The van der Waals surface area contributed by atoms with Gasteiger partial charge in [-0.05, 0) is 50.9 Å². The first-order valence-electron chi connectivity index (χ1n) is 7.50. The van der Waals surface area contributed by atoms with Crippen LogP contribution in [0.15, 0.2) is 30.5 Å². The van der Waals surface area contributed by atoms with Crippen LogP contribution in [0.1, 0.15) is 37.1 Å². The maximum atomic E-state index is 4.42. The number of nitrogens with zero attached hydrogens (tertiary/aromatic N) is 3. The summed E-state index contributed by atoms with van der Waals surface area (Å²) in [6, 6.07) is 9.52. The molecule has 1 unspecified atom stereocenters. The zero-order chi connectivity index (χ0) is 14.1. The summed E-state index contributed by atoms with van der Waals surface area (Å²) in [5, 5.41) is 4.42. The molecule has 2 heterocycles. The summed E-state index contributed by atoms with van der Waals surface area (Å²) in [6.45, 7) is 6.86. The van der Waals surface area contributed by atoms with Crippen LogP contribution in [0.25, 0.3) is 11.1 Å². The monoisotopic (exact) mass is 269 g/mol. The molecule has 2 aromatic rings. The second-order valence-corrected chi connectivity index (χ2v) is 5.84. The standard InChI is InChI=1S/C17H23N3/c1-13-17(12-19(3)18-13)16-8-6-15(7-9-16)14(2)20-10-4-5-11-20/h6-9,12,14H,4-5,10-11H2,1-3H3. The normalized spacial score (nSPS) is 17.6. The zero-order valence-electron chi connectivity index (χ0n) is 12.6. The predicted molar refractivity (Wildman–Crippen MR) is 82.6 cm³/mol. The molecule has 3 nitrogen and oxygen atoms in total. The lowest BCUT2D eigenvalue weighted by atomic mass is 10.0. The third kappa shape index (κ3) is 2.50. The van der Waals surface area contributed by atoms with E-state index in [0.29, 0.717) is 6.04 Å². The van der Waals surface area contributed by atoms with Crippen molar-refractivity contribution >= 4 is 0 Å². The van der Waals surface area contributed by atoms with Gasteiger partial charge in [0.25, 0.3) is 0 Å². The van der Waals surface area contributed by atoms with Crippen LogP contribution in [0.4, 0.5) is 0 Å². The summed E-state index contributed by atoms with van der Waals surface area (Å²) in [5.74, 6) is 0. The molecule has 3 heteroatoms. The van der Waals surface area contributed by atoms with E-state index in [9.17, 15) is 0 Å². The van der Waals surface area contributed by atoms with Gasteiger partial charge in [0.2, 0.25) is 0 Å². The van der Waals surface area contributed by atoms with Crippen LogP contribution >= 0.6 is 0 Å². The number of hydrogen-bond donors (Lipinski definition) is 0. The van der Waals surface area contributed by atoms with Crippen molar-refractivity contribution in [3.05, 3.63) is 41.7 Å². The molecule has 0 bridgehead atoms. The van der Waals surface area contributed by atoms with Gasteiger partial charge < -0.3 is 0 Å². The Morgan fingerprint density at radius 1 is 1.10 bits per heavy atom. The third-order valence-electron chi connectivity index (χ3n) is 4.41. The maximum Gasteiger partial charge on any atom is 0.0671 e. The van der Waals surface area contributed by atoms with Crippen molar-refractivity contribution in [2.24, 2.45) is 7.05 Å². The summed E-state index contributed by atoms with van der Waals surface area (Å²) in [4.78, 5) is 2.57. The fourth-order valence-corrected chi connectivity index (χ4v) is 3.16. The lowest BCUT2D eigenvalue weighted by molar-refractivity contribution is 0.263. The second-order valence-electron chi connectivity index (χ2n) is 5.84. The Hall–Kier alpha value is -1.61. The quantitative estimate of drug-likeness (QED) is 0.849. The highest BCUT2D eigenvalue weighted by Crippen LogP contribution is 2.28. The second kappa shape index (κ2) is 5.41. The fourth-order valence-electron chi connectivity index (χ4n) is 3.16. The molecule has 0 saturated carbocycles. The Kier molecular flexibility index (Phi) is 3.62. The molecule has 1 aliphatic heterocycles. The van der Waals surface area contributed by atoms with Crippen molar-refractivity contribution < 1.29 is 0 Å². The molecule has 0 N–H and O–H groups in total. The Balaban J connectivity index is 1.82. The van der Waals surface area contributed by atoms with Gasteiger partial charge in [-0.2, -0.15) is 5.10 Å². The van der Waals surface area contributed by atoms with E-state index >= 15 is 0 Å². The van der Waals surface area contributed by atoms with Crippen LogP contribution in [0.2, 0.25) is 0 Å². The van der Waals surface area contributed by atoms with E-state index in [1.54, 1.807) is 0 Å². The number of rotatable bonds is 3. The SMILES string of the molecule is Cc1nn(C)cc1-c1ccc(C(C)N2CCCC2)cc1. The minimum absolute atomic E-state index is 0.529. The van der Waals surface area contributed by atoms with E-state index in [2.05, 4.69) is 54.3 Å². The summed E-state index contributed by atoms with van der Waals surface area (Å²) >= 11 is 0. The molecule has 0 spiro atoms. The van der Waals surface area contributed by atoms with Gasteiger partial charge in [0.1, 0.15) is 0 Å². The number of hydrogen-bond acceptors (Lipinski definition) is 2. The van der Waals surface area contributed by atoms with E-state index in [0.717, 1.165) is 5.69 Å². The highest BCUT2D eigenvalue weighted by atomic mass is 15.2. The van der Waals surface area contributed by atoms with Gasteiger partial charge in [-0.25, -0.2) is 0 Å². The average molecular weight is 269 g/mol. The molecular formula is C17H23N3. The predicted octanol–water partition coefficient (Wildman–Crippen LogP) is 3.55. The average Bonchev–Trinajstić information content (AvgIpc) is 3.08. The molecular weight excluding hydrogens is 246 g/mol. The van der Waals surface area contributed by atoms with Gasteiger partial charge in [0.15, 0.2) is 0 Å². The van der Waals surface area contributed by atoms with Crippen molar-refractivity contribution in [3.8, 4) is 11.1 Å². The minimum atomic E-state index is 0.529. The minimum Gasteiger partial charge on any atom is -0.297 e. The molecule has 1 atom stereocenters. The smallest absolute Gasteiger partial charge is 0.0671 e. The fraction of sp³-hybridized carbons (Fsp3) is 0.471. The van der Waals surface area contributed by atoms with Crippen molar-refractivity contribution in [1.82, 2.24) is 14.7 Å². The van der Waals surface area contributed by atoms with Crippen LogP contribution in [0.3, 0.4) is 0 Å². The van der Waals surface area contributed by atoms with Crippen molar-refractivity contribution in [3.63, 3.8) is 0 Å². The van der Waals surface area contributed by atoms with E-state index < -0.39 is 0 Å². The molecule has 0 amide bonds. The van der Waals surface area contributed by atoms with Crippen molar-refractivity contribution in [2.45, 2.75) is 32.7 Å². The van der Waals surface area contributed by atoms with E-state index in [1.807, 2.05) is 11.7 Å². The van der Waals surface area contributed by atoms with Crippen molar-refractivity contribution in [1.29, 1.82) is 0 Å². The first-order valence-corrected chi connectivity index (χ1v) is 7.50. The number of benzene rings is 1. The van der Waals surface area contributed by atoms with Crippen LogP contribution in [0.5, 0.6) is 0 Å². The summed E-state index contributed by atoms with van der Waals surface area (Å²) in [5.41, 5.74) is 4.99. The first-order chi connectivity index (χ1) is 9.65. The zero-order valence-corrected chi connectivity index (χ0v) is 12.6. The maximum absolute atomic E-state index is 4.42. The van der Waals surface area contributed by atoms with Crippen LogP contribution in [0, 0.1) is 6.92 Å². The number of aryl methyl sites for hydroxylation is 2. The highest BCUT2D eigenvalue weighted by molar-refractivity contribution is 5.65. The van der Waals surface area contributed by atoms with Crippen LogP contribution in [-0.4, -0.2) is 27.8 Å². The van der Waals surface area contributed by atoms with Crippen LogP contribution in [-0.2, 0) is 7.05 Å². The number of aromatic nitrogens is 2. The highest BCUT2D eigenvalue weighted by Gasteiger charge is 2.19. The van der Waals surface area contributed by atoms with Crippen molar-refractivity contribution in [2.75, 3.05) is 13.1 Å². The molecule has 0 aliphatic carbocycles. The Morgan fingerprint density at radius 2 is 1.75 bits per heavy atom. The summed E-state index contributed by atoms with van der Waals surface area (Å²) in [7, 11) is 1.97. The molecule has 1 aromatic carbocycles. The molecule has 3 rings (SSSR count). The van der Waals surface area contributed by atoms with Gasteiger partial charge in [0, 0.05) is 24.8 Å². The van der Waals surface area contributed by atoms with Gasteiger partial charge in [-0.1, -0.05) is 24.3 Å². The molecule has 1 fully saturated rings. The van der Waals surface area contributed by atoms with Gasteiger partial charge in [-0.15, -0.1) is 0 Å². The molecule has 1 aliphatic rings. The van der Waals surface area contributed by atoms with E-state index in [4.69, 9.17) is 0 Å². The molecule has 1 saturated heterocycles. The largest absolute Gasteiger partial charge is 0.297 e. The summed E-state index contributed by atoms with van der Waals surface area (Å²) in [6.07, 6.45) is 4.78. The molecule has 0 radical (unpaired) electrons. The molecule has 106 valence electrons. The number of likely N-dealkylation sites (tertiary alicyclic amines) is 1. The third-order valence-corrected chi connectivity index (χ3v) is 4.41. The molecule has 1 aromatic heterocycles. The lowest BCUT2D eigenvalue weighted by Crippen LogP contribution is -2.23. The Morgan fingerprint density at radius 3 is 2.30 bits per heavy atom. The van der Waals surface area contributed by atoms with Gasteiger partial charge >= 0.3 is 0 Å². The molecule has 20 heavy (non-hydrogen) atoms.